The van der Waals surface area contributed by atoms with Crippen molar-refractivity contribution in [2.24, 2.45) is 0 Å². The summed E-state index contributed by atoms with van der Waals surface area (Å²) >= 11 is 0. The predicted molar refractivity (Wildman–Crippen MR) is 75.4 cm³/mol. The highest BCUT2D eigenvalue weighted by atomic mass is 15.1. The number of nitrogens with zero attached hydrogens (tertiary/aromatic N) is 3. The van der Waals surface area contributed by atoms with Crippen LogP contribution in [0.15, 0.2) is 30.3 Å². The molecule has 0 unspecified atom stereocenters. The number of hydrogen-bond donors (Lipinski definition) is 1. The lowest BCUT2D eigenvalue weighted by Gasteiger charge is -2.28. The van der Waals surface area contributed by atoms with Gasteiger partial charge in [0.25, 0.3) is 0 Å². The van der Waals surface area contributed by atoms with Gasteiger partial charge in [0.2, 0.25) is 0 Å². The third kappa shape index (κ3) is 2.58. The number of anilines is 1. The van der Waals surface area contributed by atoms with E-state index in [1.807, 2.05) is 13.0 Å². The fraction of sp³-hybridized carbons (Fsp3) is 0.333. The molecule has 1 aliphatic heterocycles. The van der Waals surface area contributed by atoms with E-state index >= 15 is 0 Å². The van der Waals surface area contributed by atoms with Gasteiger partial charge in [-0.1, -0.05) is 30.3 Å². The molecule has 0 amide bonds. The lowest BCUT2D eigenvalue weighted by molar-refractivity contribution is 0.241. The molecule has 0 fully saturated rings. The van der Waals surface area contributed by atoms with Crippen LogP contribution in [0.2, 0.25) is 0 Å². The van der Waals surface area contributed by atoms with Crippen LogP contribution in [0.3, 0.4) is 0 Å². The Hall–Kier alpha value is -1.94. The number of aryl methyl sites for hydroxylation is 1. The van der Waals surface area contributed by atoms with Crippen LogP contribution in [0.25, 0.3) is 0 Å². The molecule has 1 aromatic heterocycles. The monoisotopic (exact) mass is 254 g/mol. The highest BCUT2D eigenvalue weighted by Gasteiger charge is 2.20. The van der Waals surface area contributed by atoms with E-state index in [0.29, 0.717) is 5.82 Å². The number of nitrogens with two attached hydrogens (primary N) is 1. The average Bonchev–Trinajstić information content (AvgIpc) is 2.39. The van der Waals surface area contributed by atoms with Crippen molar-refractivity contribution in [3.63, 3.8) is 0 Å². The highest BCUT2D eigenvalue weighted by Crippen LogP contribution is 2.22. The zero-order chi connectivity index (χ0) is 13.2. The number of nitrogen functional groups attached to an aromatic ring is 1. The molecular weight excluding hydrogens is 236 g/mol. The molecule has 1 aliphatic rings. The molecule has 0 aliphatic carbocycles. The standard InChI is InChI=1S/C15H18N4/c1-11-17-14-10-19(8-7-13(14)15(16)18-11)9-12-5-3-2-4-6-12/h2-6H,7-10H2,1H3,(H2,16,17,18). The molecular formula is C15H18N4. The van der Waals surface area contributed by atoms with E-state index in [1.165, 1.54) is 5.56 Å². The van der Waals surface area contributed by atoms with Gasteiger partial charge in [-0.25, -0.2) is 9.97 Å². The topological polar surface area (TPSA) is 55.0 Å². The molecule has 3 rings (SSSR count). The SMILES string of the molecule is Cc1nc(N)c2c(n1)CN(Cc1ccccc1)CC2. The van der Waals surface area contributed by atoms with Crippen LogP contribution < -0.4 is 5.73 Å². The number of benzene rings is 1. The molecule has 0 bridgehead atoms. The zero-order valence-electron chi connectivity index (χ0n) is 11.1. The van der Waals surface area contributed by atoms with E-state index < -0.39 is 0 Å². The van der Waals surface area contributed by atoms with Gasteiger partial charge in [-0.2, -0.15) is 0 Å². The van der Waals surface area contributed by atoms with Crippen LogP contribution in [-0.4, -0.2) is 21.4 Å². The summed E-state index contributed by atoms with van der Waals surface area (Å²) in [5.74, 6) is 1.42. The number of rotatable bonds is 2. The molecule has 2 aromatic rings. The van der Waals surface area contributed by atoms with Crippen molar-refractivity contribution in [3.8, 4) is 0 Å². The van der Waals surface area contributed by atoms with Gasteiger partial charge in [-0.3, -0.25) is 4.90 Å². The number of aromatic nitrogens is 2. The summed E-state index contributed by atoms with van der Waals surface area (Å²) in [5.41, 5.74) is 9.53. The fourth-order valence-corrected chi connectivity index (χ4v) is 2.62. The van der Waals surface area contributed by atoms with Crippen molar-refractivity contribution in [1.29, 1.82) is 0 Å². The maximum Gasteiger partial charge on any atom is 0.130 e. The summed E-state index contributed by atoms with van der Waals surface area (Å²) in [6.07, 6.45) is 0.939. The highest BCUT2D eigenvalue weighted by molar-refractivity contribution is 5.43. The van der Waals surface area contributed by atoms with Crippen LogP contribution in [0, 0.1) is 6.92 Å². The Balaban J connectivity index is 1.79. The van der Waals surface area contributed by atoms with Crippen molar-refractivity contribution >= 4 is 5.82 Å². The summed E-state index contributed by atoms with van der Waals surface area (Å²) in [7, 11) is 0. The normalized spacial score (nSPS) is 15.2. The zero-order valence-corrected chi connectivity index (χ0v) is 11.1. The minimum Gasteiger partial charge on any atom is -0.383 e. The summed E-state index contributed by atoms with van der Waals surface area (Å²) in [6.45, 7) is 4.73. The largest absolute Gasteiger partial charge is 0.383 e. The van der Waals surface area contributed by atoms with Crippen molar-refractivity contribution in [2.45, 2.75) is 26.4 Å². The first-order valence-electron chi connectivity index (χ1n) is 6.60. The summed E-state index contributed by atoms with van der Waals surface area (Å²) in [4.78, 5) is 11.2. The van der Waals surface area contributed by atoms with Crippen LogP contribution in [-0.2, 0) is 19.5 Å². The molecule has 19 heavy (non-hydrogen) atoms. The molecule has 4 nitrogen and oxygen atoms in total. The predicted octanol–water partition coefficient (Wildman–Crippen LogP) is 1.93. The lowest BCUT2D eigenvalue weighted by Crippen LogP contribution is -2.31. The van der Waals surface area contributed by atoms with Gasteiger partial charge < -0.3 is 5.73 Å². The minimum atomic E-state index is 0.655. The molecule has 1 aromatic carbocycles. The quantitative estimate of drug-likeness (QED) is 0.889. The van der Waals surface area contributed by atoms with E-state index in [-0.39, 0.29) is 0 Å². The smallest absolute Gasteiger partial charge is 0.130 e. The Morgan fingerprint density at radius 1 is 1.21 bits per heavy atom. The molecule has 0 atom stereocenters. The second kappa shape index (κ2) is 4.97. The van der Waals surface area contributed by atoms with Crippen molar-refractivity contribution in [3.05, 3.63) is 53.0 Å². The third-order valence-electron chi connectivity index (χ3n) is 3.54. The first kappa shape index (κ1) is 12.1. The summed E-state index contributed by atoms with van der Waals surface area (Å²) in [5, 5.41) is 0. The molecule has 2 heterocycles. The third-order valence-corrected chi connectivity index (χ3v) is 3.54. The molecule has 0 saturated carbocycles. The Morgan fingerprint density at radius 2 is 2.00 bits per heavy atom. The van der Waals surface area contributed by atoms with Crippen molar-refractivity contribution in [1.82, 2.24) is 14.9 Å². The maximum absolute atomic E-state index is 5.97. The lowest BCUT2D eigenvalue weighted by atomic mass is 10.0. The molecule has 98 valence electrons. The van der Waals surface area contributed by atoms with E-state index in [2.05, 4.69) is 39.1 Å². The molecule has 0 spiro atoms. The van der Waals surface area contributed by atoms with Gasteiger partial charge in [0, 0.05) is 25.2 Å². The van der Waals surface area contributed by atoms with E-state index in [0.717, 1.165) is 43.1 Å². The first-order chi connectivity index (χ1) is 9.22. The first-order valence-corrected chi connectivity index (χ1v) is 6.60. The van der Waals surface area contributed by atoms with Gasteiger partial charge >= 0.3 is 0 Å². The summed E-state index contributed by atoms with van der Waals surface area (Å²) < 4.78 is 0. The summed E-state index contributed by atoms with van der Waals surface area (Å²) in [6, 6.07) is 10.5. The molecule has 0 radical (unpaired) electrons. The second-order valence-corrected chi connectivity index (χ2v) is 5.03. The average molecular weight is 254 g/mol. The molecule has 4 heteroatoms. The van der Waals surface area contributed by atoms with Crippen LogP contribution in [0.4, 0.5) is 5.82 Å². The minimum absolute atomic E-state index is 0.655. The van der Waals surface area contributed by atoms with Crippen molar-refractivity contribution < 1.29 is 0 Å². The Labute approximate surface area is 113 Å². The fourth-order valence-electron chi connectivity index (χ4n) is 2.62. The van der Waals surface area contributed by atoms with E-state index in [1.54, 1.807) is 0 Å². The Kier molecular flexibility index (Phi) is 3.17. The van der Waals surface area contributed by atoms with E-state index in [4.69, 9.17) is 5.73 Å². The number of fused-ring (bicyclic) bond motifs is 1. The van der Waals surface area contributed by atoms with Crippen LogP contribution in [0.1, 0.15) is 22.6 Å². The van der Waals surface area contributed by atoms with Gasteiger partial charge in [-0.05, 0) is 18.9 Å². The molecule has 2 N–H and O–H groups in total. The van der Waals surface area contributed by atoms with Crippen LogP contribution in [0.5, 0.6) is 0 Å². The number of hydrogen-bond acceptors (Lipinski definition) is 4. The van der Waals surface area contributed by atoms with Crippen molar-refractivity contribution in [2.75, 3.05) is 12.3 Å². The van der Waals surface area contributed by atoms with E-state index in [9.17, 15) is 0 Å². The van der Waals surface area contributed by atoms with Crippen LogP contribution >= 0.6 is 0 Å². The van der Waals surface area contributed by atoms with Gasteiger partial charge in [-0.15, -0.1) is 0 Å². The van der Waals surface area contributed by atoms with Gasteiger partial charge in [0.1, 0.15) is 11.6 Å². The van der Waals surface area contributed by atoms with Gasteiger partial charge in [0.05, 0.1) is 5.69 Å². The second-order valence-electron chi connectivity index (χ2n) is 5.03. The van der Waals surface area contributed by atoms with Gasteiger partial charge in [0.15, 0.2) is 0 Å². The maximum atomic E-state index is 5.97. The Bertz CT molecular complexity index is 580. The molecule has 0 saturated heterocycles. The Morgan fingerprint density at radius 3 is 2.79 bits per heavy atom.